The van der Waals surface area contributed by atoms with Gasteiger partial charge >= 0.3 is 0 Å². The van der Waals surface area contributed by atoms with E-state index in [-0.39, 0.29) is 6.61 Å². The maximum absolute atomic E-state index is 8.68. The Balaban J connectivity index is 2.57. The lowest BCUT2D eigenvalue weighted by atomic mass is 10.2. The van der Waals surface area contributed by atoms with Crippen molar-refractivity contribution in [1.29, 1.82) is 0 Å². The minimum absolute atomic E-state index is 0.0721. The molecule has 0 aliphatic heterocycles. The Morgan fingerprint density at radius 1 is 1.22 bits per heavy atom. The molecule has 0 saturated heterocycles. The van der Waals surface area contributed by atoms with E-state index in [0.717, 1.165) is 18.8 Å². The highest BCUT2D eigenvalue weighted by molar-refractivity contribution is 7.80. The molecule has 5 heteroatoms. The van der Waals surface area contributed by atoms with Crippen LogP contribution in [0.5, 0.6) is 0 Å². The van der Waals surface area contributed by atoms with Crippen molar-refractivity contribution in [3.63, 3.8) is 0 Å². The van der Waals surface area contributed by atoms with Gasteiger partial charge in [-0.1, -0.05) is 0 Å². The third-order valence-electron chi connectivity index (χ3n) is 2.65. The van der Waals surface area contributed by atoms with Crippen molar-refractivity contribution in [3.8, 4) is 0 Å². The van der Waals surface area contributed by atoms with Crippen LogP contribution in [0.15, 0.2) is 24.3 Å². The van der Waals surface area contributed by atoms with Crippen molar-refractivity contribution in [2.24, 2.45) is 0 Å². The summed E-state index contributed by atoms with van der Waals surface area (Å²) in [5, 5.41) is 15.2. The number of benzene rings is 1. The monoisotopic (exact) mass is 267 g/mol. The largest absolute Gasteiger partial charge is 0.395 e. The Hall–Kier alpha value is -1.33. The van der Waals surface area contributed by atoms with Gasteiger partial charge in [0.25, 0.3) is 0 Å². The van der Waals surface area contributed by atoms with Crippen LogP contribution in [-0.2, 0) is 0 Å². The molecule has 1 rings (SSSR count). The fourth-order valence-electron chi connectivity index (χ4n) is 1.69. The first kappa shape index (κ1) is 14.7. The molecule has 0 heterocycles. The number of aliphatic hydroxyl groups is 1. The van der Waals surface area contributed by atoms with Gasteiger partial charge < -0.3 is 20.6 Å². The van der Waals surface area contributed by atoms with Crippen LogP contribution in [0.25, 0.3) is 0 Å². The zero-order chi connectivity index (χ0) is 13.4. The van der Waals surface area contributed by atoms with Gasteiger partial charge in [-0.25, -0.2) is 0 Å². The Morgan fingerprint density at radius 2 is 1.83 bits per heavy atom. The molecular weight excluding hydrogens is 246 g/mol. The van der Waals surface area contributed by atoms with Crippen LogP contribution in [0.3, 0.4) is 0 Å². The highest BCUT2D eigenvalue weighted by atomic mass is 32.1. The van der Waals surface area contributed by atoms with Gasteiger partial charge in [0, 0.05) is 31.0 Å². The van der Waals surface area contributed by atoms with Crippen LogP contribution >= 0.6 is 12.2 Å². The Kier molecular flexibility index (Phi) is 6.46. The molecular formula is C13H21N3OS. The predicted octanol–water partition coefficient (Wildman–Crippen LogP) is 1.81. The molecule has 18 heavy (non-hydrogen) atoms. The van der Waals surface area contributed by atoms with Crippen molar-refractivity contribution >= 4 is 28.7 Å². The molecule has 0 atom stereocenters. The van der Waals surface area contributed by atoms with Crippen LogP contribution in [0.4, 0.5) is 11.4 Å². The van der Waals surface area contributed by atoms with Gasteiger partial charge in [0.15, 0.2) is 5.11 Å². The number of nitrogens with one attached hydrogen (secondary N) is 2. The predicted molar refractivity (Wildman–Crippen MR) is 81.3 cm³/mol. The highest BCUT2D eigenvalue weighted by Crippen LogP contribution is 2.17. The minimum Gasteiger partial charge on any atom is -0.395 e. The molecule has 1 aromatic carbocycles. The Bertz CT molecular complexity index is 363. The molecule has 0 amide bonds. The van der Waals surface area contributed by atoms with Crippen molar-refractivity contribution in [1.82, 2.24) is 5.32 Å². The van der Waals surface area contributed by atoms with Gasteiger partial charge in [-0.2, -0.15) is 0 Å². The Morgan fingerprint density at radius 3 is 2.33 bits per heavy atom. The summed E-state index contributed by atoms with van der Waals surface area (Å²) in [5.41, 5.74) is 2.15. The minimum atomic E-state index is 0.0721. The lowest BCUT2D eigenvalue weighted by molar-refractivity contribution is 0.301. The number of nitrogens with zero attached hydrogens (tertiary/aromatic N) is 1. The topological polar surface area (TPSA) is 47.5 Å². The third-order valence-corrected chi connectivity index (χ3v) is 2.90. The molecule has 0 saturated carbocycles. The van der Waals surface area contributed by atoms with Crippen LogP contribution in [0.1, 0.15) is 13.8 Å². The molecule has 0 aliphatic rings. The first-order valence-electron chi connectivity index (χ1n) is 6.22. The first-order valence-corrected chi connectivity index (χ1v) is 6.62. The molecule has 0 unspecified atom stereocenters. The van der Waals surface area contributed by atoms with Crippen LogP contribution < -0.4 is 15.5 Å². The average molecular weight is 267 g/mol. The second kappa shape index (κ2) is 7.89. The van der Waals surface area contributed by atoms with E-state index in [2.05, 4.69) is 41.5 Å². The maximum Gasteiger partial charge on any atom is 0.170 e. The van der Waals surface area contributed by atoms with Gasteiger partial charge in [0.05, 0.1) is 6.61 Å². The van der Waals surface area contributed by atoms with Gasteiger partial charge in [0.1, 0.15) is 0 Å². The van der Waals surface area contributed by atoms with E-state index < -0.39 is 0 Å². The fourth-order valence-corrected chi connectivity index (χ4v) is 1.91. The molecule has 0 radical (unpaired) electrons. The van der Waals surface area contributed by atoms with Gasteiger partial charge in [-0.3, -0.25) is 0 Å². The molecule has 0 fully saturated rings. The van der Waals surface area contributed by atoms with Crippen molar-refractivity contribution in [2.75, 3.05) is 36.5 Å². The smallest absolute Gasteiger partial charge is 0.170 e. The number of hydrogen-bond acceptors (Lipinski definition) is 3. The summed E-state index contributed by atoms with van der Waals surface area (Å²) in [5.74, 6) is 0. The van der Waals surface area contributed by atoms with Gasteiger partial charge in [-0.15, -0.1) is 0 Å². The van der Waals surface area contributed by atoms with Crippen molar-refractivity contribution < 1.29 is 5.11 Å². The van der Waals surface area contributed by atoms with Crippen LogP contribution in [0, 0.1) is 0 Å². The zero-order valence-electron chi connectivity index (χ0n) is 10.9. The lowest BCUT2D eigenvalue weighted by Crippen LogP contribution is -2.30. The fraction of sp³-hybridized carbons (Fsp3) is 0.462. The summed E-state index contributed by atoms with van der Waals surface area (Å²) in [4.78, 5) is 2.28. The van der Waals surface area contributed by atoms with Gasteiger partial charge in [-0.05, 0) is 50.3 Å². The third kappa shape index (κ3) is 4.50. The number of rotatable bonds is 6. The van der Waals surface area contributed by atoms with Gasteiger partial charge in [0.2, 0.25) is 0 Å². The number of anilines is 2. The lowest BCUT2D eigenvalue weighted by Gasteiger charge is -2.21. The van der Waals surface area contributed by atoms with Crippen LogP contribution in [-0.4, -0.2) is 36.5 Å². The summed E-state index contributed by atoms with van der Waals surface area (Å²) in [6.07, 6.45) is 0. The first-order chi connectivity index (χ1) is 8.71. The highest BCUT2D eigenvalue weighted by Gasteiger charge is 2.02. The summed E-state index contributed by atoms with van der Waals surface area (Å²) in [7, 11) is 0. The molecule has 0 spiro atoms. The molecule has 4 nitrogen and oxygen atoms in total. The van der Waals surface area contributed by atoms with Crippen molar-refractivity contribution in [3.05, 3.63) is 24.3 Å². The van der Waals surface area contributed by atoms with E-state index in [4.69, 9.17) is 17.3 Å². The second-order valence-electron chi connectivity index (χ2n) is 3.82. The molecule has 0 bridgehead atoms. The van der Waals surface area contributed by atoms with E-state index in [1.54, 1.807) is 0 Å². The van der Waals surface area contributed by atoms with E-state index in [0.29, 0.717) is 11.7 Å². The maximum atomic E-state index is 8.68. The summed E-state index contributed by atoms with van der Waals surface area (Å²) in [6.45, 7) is 6.82. The number of hydrogen-bond donors (Lipinski definition) is 3. The van der Waals surface area contributed by atoms with E-state index >= 15 is 0 Å². The zero-order valence-corrected chi connectivity index (χ0v) is 11.8. The summed E-state index contributed by atoms with van der Waals surface area (Å²) < 4.78 is 0. The molecule has 0 aromatic heterocycles. The normalized spacial score (nSPS) is 9.94. The van der Waals surface area contributed by atoms with E-state index in [1.165, 1.54) is 5.69 Å². The van der Waals surface area contributed by atoms with E-state index in [1.807, 2.05) is 12.1 Å². The number of thiocarbonyl (C=S) groups is 1. The number of aliphatic hydroxyl groups excluding tert-OH is 1. The molecule has 100 valence electrons. The average Bonchev–Trinajstić information content (AvgIpc) is 2.40. The Labute approximate surface area is 114 Å². The van der Waals surface area contributed by atoms with E-state index in [9.17, 15) is 0 Å². The molecule has 0 aliphatic carbocycles. The van der Waals surface area contributed by atoms with Crippen LogP contribution in [0.2, 0.25) is 0 Å². The molecule has 3 N–H and O–H groups in total. The molecule has 1 aromatic rings. The quantitative estimate of drug-likeness (QED) is 0.686. The SMILES string of the molecule is CCN(CC)c1ccc(NC(=S)NCCO)cc1. The standard InChI is InChI=1S/C13H21N3OS/c1-3-16(4-2)12-7-5-11(6-8-12)15-13(18)14-9-10-17/h5-8,17H,3-4,9-10H2,1-2H3,(H2,14,15,18). The summed E-state index contributed by atoms with van der Waals surface area (Å²) >= 11 is 5.09. The second-order valence-corrected chi connectivity index (χ2v) is 4.23. The van der Waals surface area contributed by atoms with Crippen molar-refractivity contribution in [2.45, 2.75) is 13.8 Å². The summed E-state index contributed by atoms with van der Waals surface area (Å²) in [6, 6.07) is 8.15.